The first-order valence-corrected chi connectivity index (χ1v) is 42.4. The standard InChI is InChI=1S/C82H124N12O31S/c1-82(2,3)65(105)39-94-58-21-12-11-20-57(58)93(49-17-8-7-9-18-49)38-54(79(94)121)92-81(124)87-48-16-14-15-45(33-48)74(116)84-32-13-6-4-5-10-19-50(98)34-46(22-30-68(108)109)75(117)89-53(26-29-67(107)86-37-62(102)71(113)73(115)64(104)41-96)60(100)35-47(23-31-69(110)111)76(118)88-52(25-28-66(106)85-36-61(101)70(112)72(114)63(103)40-95)59(99)27-24-51(83)77(119)90-55(42-125-44-97)78(120)91-56(43-126)80(122)123/h11-12,14-16,20-21,33,44,46-47,49,51-56,61-64,70-73,95-96,101-104,112-115,126H,4-10,13,17-19,22-32,34-43,83H2,1-3H3,(H,84,116)(H,85,106)(H,86,107)(H,88,118)(H,89,117)(H,90,119)(H,91,120)(H,108,109)(H,110,111)(H,122,123)(H2,87,92,124)/t46-,47-,51-,52+,53+,54-,55-,56-,61-,62-,63+,64+,70+,71+,72+,73+/m0/s1. The molecule has 0 bridgehead atoms. The van der Waals surface area contributed by atoms with E-state index < -0.39 is 307 Å². The first kappa shape index (κ1) is 108. The van der Waals surface area contributed by atoms with Crippen LogP contribution < -0.4 is 63.4 Å². The van der Waals surface area contributed by atoms with E-state index in [1.165, 1.54) is 11.0 Å². The van der Waals surface area contributed by atoms with Crippen LogP contribution in [0.25, 0.3) is 0 Å². The first-order valence-electron chi connectivity index (χ1n) is 41.8. The Balaban J connectivity index is 1.50. The number of carbonyl (C=O) groups excluding carboxylic acids is 14. The van der Waals surface area contributed by atoms with Crippen molar-refractivity contribution in [3.8, 4) is 0 Å². The Bertz CT molecular complexity index is 3980. The molecule has 0 aromatic heterocycles. The number of fused-ring (bicyclic) bond motifs is 1. The fraction of sp³-hybridized carbons (Fsp3) is 0.646. The fourth-order valence-corrected chi connectivity index (χ4v) is 14.0. The molecule has 2 aliphatic rings. The summed E-state index contributed by atoms with van der Waals surface area (Å²) in [5.41, 5.74) is 7.15. The van der Waals surface area contributed by atoms with Crippen LogP contribution in [0.4, 0.5) is 21.9 Å². The number of hydrogen-bond acceptors (Lipinski definition) is 31. The van der Waals surface area contributed by atoms with Crippen molar-refractivity contribution < 1.29 is 153 Å². The molecule has 0 radical (unpaired) electrons. The van der Waals surface area contributed by atoms with Gasteiger partial charge in [-0.3, -0.25) is 71.9 Å². The van der Waals surface area contributed by atoms with E-state index in [0.29, 0.717) is 31.4 Å². The van der Waals surface area contributed by atoms with Crippen LogP contribution in [0.1, 0.15) is 179 Å². The van der Waals surface area contributed by atoms with Crippen LogP contribution in [-0.2, 0) is 76.7 Å². The van der Waals surface area contributed by atoms with Gasteiger partial charge in [0.2, 0.25) is 35.4 Å². The summed E-state index contributed by atoms with van der Waals surface area (Å²) in [7, 11) is 0. The number of unbranched alkanes of at least 4 members (excludes halogenated alkanes) is 4. The predicted octanol–water partition coefficient (Wildman–Crippen LogP) is -3.60. The molecule has 1 heterocycles. The Kier molecular flexibility index (Phi) is 47.5. The van der Waals surface area contributed by atoms with E-state index in [4.69, 9.17) is 5.73 Å². The van der Waals surface area contributed by atoms with Crippen LogP contribution in [0.15, 0.2) is 48.5 Å². The maximum atomic E-state index is 14.7. The number of anilines is 3. The van der Waals surface area contributed by atoms with Crippen LogP contribution in [0.2, 0.25) is 0 Å². The lowest BCUT2D eigenvalue weighted by Crippen LogP contribution is -2.56. The number of thiol groups is 1. The number of carbonyl (C=O) groups is 17. The molecule has 4 rings (SSSR count). The van der Waals surface area contributed by atoms with E-state index in [1.54, 1.807) is 51.1 Å². The van der Waals surface area contributed by atoms with Crippen LogP contribution >= 0.6 is 12.6 Å². The number of Topliss-reactive ketones (excluding diaryl/α,β-unsaturated/α-hetero) is 4. The minimum absolute atomic E-state index is 0.0871. The Morgan fingerprint density at radius 2 is 1.08 bits per heavy atom. The Hall–Kier alpha value is -10.3. The van der Waals surface area contributed by atoms with Gasteiger partial charge in [-0.15, -0.1) is 0 Å². The number of nitrogens with two attached hydrogens (primary N) is 1. The largest absolute Gasteiger partial charge is 0.481 e. The average Bonchev–Trinajstić information content (AvgIpc) is 1.62. The highest BCUT2D eigenvalue weighted by atomic mass is 32.1. The number of carboxylic acid groups (broad SMARTS) is 3. The molecule has 2 aromatic rings. The van der Waals surface area contributed by atoms with Gasteiger partial charge in [-0.2, -0.15) is 12.6 Å². The monoisotopic (exact) mass is 1800 g/mol. The maximum Gasteiger partial charge on any atom is 0.327 e. The molecule has 44 heteroatoms. The number of aliphatic hydroxyl groups is 10. The van der Waals surface area contributed by atoms with E-state index in [0.717, 1.165) is 37.8 Å². The van der Waals surface area contributed by atoms with Gasteiger partial charge in [-0.25, -0.2) is 9.59 Å². The molecule has 704 valence electrons. The van der Waals surface area contributed by atoms with Crippen LogP contribution in [0.5, 0.6) is 0 Å². The summed E-state index contributed by atoms with van der Waals surface area (Å²) < 4.78 is 4.61. The van der Waals surface area contributed by atoms with Crippen LogP contribution in [0.3, 0.4) is 0 Å². The normalized spacial score (nSPS) is 17.2. The van der Waals surface area contributed by atoms with Crippen molar-refractivity contribution in [2.75, 3.05) is 73.4 Å². The number of ketones is 4. The lowest BCUT2D eigenvalue weighted by molar-refractivity contribution is -0.142. The van der Waals surface area contributed by atoms with Crippen molar-refractivity contribution in [3.05, 3.63) is 54.1 Å². The number of aliphatic hydroxyl groups excluding tert-OH is 10. The summed E-state index contributed by atoms with van der Waals surface area (Å²) in [6.45, 7) is 0.762. The Morgan fingerprint density at radius 3 is 1.61 bits per heavy atom. The number of carboxylic acids is 3. The molecule has 43 nitrogen and oxygen atoms in total. The second-order valence-electron chi connectivity index (χ2n) is 32.3. The van der Waals surface area contributed by atoms with Crippen molar-refractivity contribution in [1.82, 2.24) is 42.5 Å². The number of hydrogen-bond donors (Lipinski definition) is 24. The van der Waals surface area contributed by atoms with Gasteiger partial charge in [0.1, 0.15) is 67.1 Å². The second-order valence-corrected chi connectivity index (χ2v) is 32.7. The zero-order chi connectivity index (χ0) is 94.1. The molecule has 0 unspecified atom stereocenters. The van der Waals surface area contributed by atoms with E-state index in [1.807, 2.05) is 12.1 Å². The fourth-order valence-electron chi connectivity index (χ4n) is 13.8. The zero-order valence-corrected chi connectivity index (χ0v) is 71.6. The Labute approximate surface area is 732 Å². The number of urea groups is 1. The SMILES string of the molecule is CC(C)(C)C(=O)CN1C(=O)[C@@H](NC(=O)Nc2cccc(C(=O)NCCCCCCCC(=O)C[C@H](CCC(=O)O)C(=O)N[C@H](CCC(=O)NC[C@H](O)[C@@H](O)[C@H](O)[C@H](O)CO)C(=O)C[C@H](CCC(=O)O)C(=O)N[C@H](CCC(=O)NC[C@H](O)[C@@H](O)[C@H](O)[C@H](O)CO)C(=O)CC[C@H](N)C(=O)N[C@@H](COC=O)C(=O)N[C@@H](CS)C(=O)O)c2)CN(C2CCCCC2)c2ccccc21. The highest BCUT2D eigenvalue weighted by molar-refractivity contribution is 7.80. The van der Waals surface area contributed by atoms with E-state index in [-0.39, 0.29) is 62.0 Å². The molecule has 16 atom stereocenters. The summed E-state index contributed by atoms with van der Waals surface area (Å²) in [4.78, 5) is 230. The smallest absolute Gasteiger partial charge is 0.327 e. The van der Waals surface area contributed by atoms with Gasteiger partial charge in [0.05, 0.1) is 61.5 Å². The third kappa shape index (κ3) is 37.3. The quantitative estimate of drug-likeness (QED) is 0.0173. The van der Waals surface area contributed by atoms with Gasteiger partial charge in [0.15, 0.2) is 17.3 Å². The minimum atomic E-state index is -2.15. The lowest BCUT2D eigenvalue weighted by atomic mass is 9.89. The average molecular weight is 1810 g/mol. The summed E-state index contributed by atoms with van der Waals surface area (Å²) in [5.74, 6) is -18.7. The van der Waals surface area contributed by atoms with Crippen molar-refractivity contribution in [3.63, 3.8) is 0 Å². The van der Waals surface area contributed by atoms with Gasteiger partial charge in [0, 0.05) is 118 Å². The number of benzene rings is 2. The Morgan fingerprint density at radius 1 is 0.563 bits per heavy atom. The number of ether oxygens (including phenoxy) is 1. The molecule has 10 amide bonds. The molecule has 126 heavy (non-hydrogen) atoms. The highest BCUT2D eigenvalue weighted by Gasteiger charge is 2.42. The van der Waals surface area contributed by atoms with Crippen molar-refractivity contribution in [1.29, 1.82) is 0 Å². The summed E-state index contributed by atoms with van der Waals surface area (Å²) in [6.07, 6.45) is -18.1. The van der Waals surface area contributed by atoms with Crippen LogP contribution in [0, 0.1) is 17.3 Å². The molecule has 0 saturated heterocycles. The summed E-state index contributed by atoms with van der Waals surface area (Å²) in [5, 5.41) is 151. The molecule has 0 spiro atoms. The van der Waals surface area contributed by atoms with Crippen LogP contribution in [-0.4, -0.2) is 317 Å². The van der Waals surface area contributed by atoms with Gasteiger partial charge in [-0.1, -0.05) is 77.5 Å². The summed E-state index contributed by atoms with van der Waals surface area (Å²) in [6, 6.07) is 3.05. The van der Waals surface area contributed by atoms with E-state index in [2.05, 4.69) is 70.1 Å². The van der Waals surface area contributed by atoms with Gasteiger partial charge < -0.3 is 135 Å². The van der Waals surface area contributed by atoms with Crippen molar-refractivity contribution in [2.45, 2.75) is 260 Å². The number of nitrogens with one attached hydrogen (secondary N) is 9. The first-order chi connectivity index (χ1) is 59.5. The number of rotatable bonds is 60. The van der Waals surface area contributed by atoms with Gasteiger partial charge in [-0.05, 0) is 88.1 Å². The predicted molar refractivity (Wildman–Crippen MR) is 450 cm³/mol. The van der Waals surface area contributed by atoms with Gasteiger partial charge >= 0.3 is 23.9 Å². The third-order valence-electron chi connectivity index (χ3n) is 21.5. The van der Waals surface area contributed by atoms with E-state index in [9.17, 15) is 148 Å². The minimum Gasteiger partial charge on any atom is -0.481 e. The molecule has 1 saturated carbocycles. The second kappa shape index (κ2) is 55.4. The molecular weight excluding hydrogens is 1680 g/mol. The molecule has 2 aromatic carbocycles. The van der Waals surface area contributed by atoms with Crippen molar-refractivity contribution in [2.24, 2.45) is 23.0 Å². The highest BCUT2D eigenvalue weighted by Crippen LogP contribution is 2.38. The van der Waals surface area contributed by atoms with Gasteiger partial charge in [0.25, 0.3) is 18.3 Å². The van der Waals surface area contributed by atoms with Crippen molar-refractivity contribution >= 4 is 130 Å². The zero-order valence-electron chi connectivity index (χ0n) is 70.7. The maximum absolute atomic E-state index is 14.7. The lowest BCUT2D eigenvalue weighted by Gasteiger charge is -2.37. The number of amides is 10. The third-order valence-corrected chi connectivity index (χ3v) is 21.8. The number of nitrogens with zero attached hydrogens (tertiary/aromatic N) is 2. The number of para-hydroxylation sites is 2. The molecule has 1 fully saturated rings. The molecular formula is C82H124N12O31S. The summed E-state index contributed by atoms with van der Waals surface area (Å²) >= 11 is 3.86. The molecule has 24 N–H and O–H groups in total. The topological polar surface area (TPSA) is 703 Å². The molecule has 1 aliphatic carbocycles. The van der Waals surface area contributed by atoms with E-state index >= 15 is 0 Å². The molecule has 1 aliphatic heterocycles. The number of aliphatic carboxylic acids is 3.